The molecule has 0 aliphatic carbocycles. The molecule has 0 fully saturated rings. The average Bonchev–Trinajstić information content (AvgIpc) is 2.83. The smallest absolute Gasteiger partial charge is 0.271 e. The number of rotatable bonds is 4. The SMILES string of the molecule is Cc1noc(C)c1S(=O)(=O)N(C)C(=O)/C=C/c1cccc(Cl)c1. The van der Waals surface area contributed by atoms with Crippen molar-refractivity contribution >= 4 is 33.6 Å². The number of amides is 1. The Balaban J connectivity index is 2.26. The van der Waals surface area contributed by atoms with Crippen LogP contribution >= 0.6 is 11.6 Å². The van der Waals surface area contributed by atoms with Crippen molar-refractivity contribution in [3.8, 4) is 0 Å². The number of nitrogens with zero attached hydrogens (tertiary/aromatic N) is 2. The molecule has 1 heterocycles. The van der Waals surface area contributed by atoms with Crippen molar-refractivity contribution in [2.24, 2.45) is 0 Å². The zero-order chi connectivity index (χ0) is 17.2. The van der Waals surface area contributed by atoms with Crippen LogP contribution in [0.4, 0.5) is 0 Å². The molecule has 1 aromatic carbocycles. The average molecular weight is 355 g/mol. The number of aryl methyl sites for hydroxylation is 2. The summed E-state index contributed by atoms with van der Waals surface area (Å²) in [4.78, 5) is 12.0. The second-order valence-electron chi connectivity index (χ2n) is 4.85. The summed E-state index contributed by atoms with van der Waals surface area (Å²) in [6.07, 6.45) is 2.66. The lowest BCUT2D eigenvalue weighted by Crippen LogP contribution is -2.32. The molecule has 0 radical (unpaired) electrons. The van der Waals surface area contributed by atoms with Crippen molar-refractivity contribution in [3.63, 3.8) is 0 Å². The molecular formula is C15H15ClN2O4S. The monoisotopic (exact) mass is 354 g/mol. The van der Waals surface area contributed by atoms with Gasteiger partial charge in [0.15, 0.2) is 10.7 Å². The lowest BCUT2D eigenvalue weighted by Gasteiger charge is -2.15. The van der Waals surface area contributed by atoms with Gasteiger partial charge in [0.2, 0.25) is 0 Å². The molecule has 0 aliphatic heterocycles. The molecule has 0 saturated carbocycles. The van der Waals surface area contributed by atoms with Crippen molar-refractivity contribution in [2.45, 2.75) is 18.7 Å². The molecule has 122 valence electrons. The number of benzene rings is 1. The summed E-state index contributed by atoms with van der Waals surface area (Å²) in [5, 5.41) is 4.13. The van der Waals surface area contributed by atoms with Crippen molar-refractivity contribution in [2.75, 3.05) is 7.05 Å². The summed E-state index contributed by atoms with van der Waals surface area (Å²) in [7, 11) is -2.83. The molecule has 23 heavy (non-hydrogen) atoms. The van der Waals surface area contributed by atoms with E-state index in [1.165, 1.54) is 33.0 Å². The molecule has 0 bridgehead atoms. The number of likely N-dealkylation sites (N-methyl/N-ethyl adjacent to an activating group) is 1. The van der Waals surface area contributed by atoms with Crippen LogP contribution in [0.1, 0.15) is 17.0 Å². The van der Waals surface area contributed by atoms with Gasteiger partial charge in [-0.1, -0.05) is 28.9 Å². The standard InChI is InChI=1S/C15H15ClN2O4S/c1-10-15(11(2)22-17-10)23(20,21)18(3)14(19)8-7-12-5-4-6-13(16)9-12/h4-9H,1-3H3/b8-7+. The fourth-order valence-corrected chi connectivity index (χ4v) is 3.56. The molecule has 6 nitrogen and oxygen atoms in total. The zero-order valence-electron chi connectivity index (χ0n) is 12.8. The van der Waals surface area contributed by atoms with E-state index in [1.54, 1.807) is 24.3 Å². The van der Waals surface area contributed by atoms with Crippen LogP contribution in [0.2, 0.25) is 5.02 Å². The van der Waals surface area contributed by atoms with Gasteiger partial charge in [0, 0.05) is 18.1 Å². The topological polar surface area (TPSA) is 80.5 Å². The van der Waals surface area contributed by atoms with Gasteiger partial charge in [-0.05, 0) is 37.6 Å². The summed E-state index contributed by atoms with van der Waals surface area (Å²) >= 11 is 5.86. The maximum absolute atomic E-state index is 12.5. The third-order valence-corrected chi connectivity index (χ3v) is 5.40. The highest BCUT2D eigenvalue weighted by atomic mass is 35.5. The van der Waals surface area contributed by atoms with Crippen LogP contribution in [0.5, 0.6) is 0 Å². The molecule has 1 aromatic heterocycles. The van der Waals surface area contributed by atoms with Crippen molar-refractivity contribution in [1.82, 2.24) is 9.46 Å². The summed E-state index contributed by atoms with van der Waals surface area (Å²) in [6.45, 7) is 2.98. The van der Waals surface area contributed by atoms with E-state index in [4.69, 9.17) is 16.1 Å². The van der Waals surface area contributed by atoms with Gasteiger partial charge in [0.05, 0.1) is 0 Å². The Labute approximate surface area is 139 Å². The highest BCUT2D eigenvalue weighted by molar-refractivity contribution is 7.89. The fraction of sp³-hybridized carbons (Fsp3) is 0.200. The van der Waals surface area contributed by atoms with Crippen LogP contribution in [0, 0.1) is 13.8 Å². The molecule has 0 unspecified atom stereocenters. The Hall–Kier alpha value is -2.12. The Morgan fingerprint density at radius 2 is 2.04 bits per heavy atom. The minimum absolute atomic E-state index is 0.0931. The predicted octanol–water partition coefficient (Wildman–Crippen LogP) is 2.81. The Morgan fingerprint density at radius 1 is 1.35 bits per heavy atom. The maximum Gasteiger partial charge on any atom is 0.271 e. The van der Waals surface area contributed by atoms with Crippen molar-refractivity contribution < 1.29 is 17.7 Å². The molecule has 2 rings (SSSR count). The van der Waals surface area contributed by atoms with Gasteiger partial charge < -0.3 is 4.52 Å². The molecule has 1 amide bonds. The molecule has 0 saturated heterocycles. The number of sulfonamides is 1. The summed E-state index contributed by atoms with van der Waals surface area (Å²) in [5.41, 5.74) is 0.898. The number of hydrogen-bond donors (Lipinski definition) is 0. The van der Waals surface area contributed by atoms with Gasteiger partial charge in [0.1, 0.15) is 5.69 Å². The first-order valence-corrected chi connectivity index (χ1v) is 8.44. The third kappa shape index (κ3) is 3.62. The first-order valence-electron chi connectivity index (χ1n) is 6.63. The quantitative estimate of drug-likeness (QED) is 0.789. The third-order valence-electron chi connectivity index (χ3n) is 3.16. The van der Waals surface area contributed by atoms with Crippen molar-refractivity contribution in [3.05, 3.63) is 52.4 Å². The molecule has 0 N–H and O–H groups in total. The molecular weight excluding hydrogens is 340 g/mol. The molecule has 2 aromatic rings. The predicted molar refractivity (Wildman–Crippen MR) is 86.4 cm³/mol. The van der Waals surface area contributed by atoms with E-state index in [-0.39, 0.29) is 16.3 Å². The Kier molecular flexibility index (Phi) is 4.91. The van der Waals surface area contributed by atoms with Gasteiger partial charge in [-0.2, -0.15) is 0 Å². The fourth-order valence-electron chi connectivity index (χ4n) is 1.98. The number of halogens is 1. The molecule has 0 spiro atoms. The van der Waals surface area contributed by atoms with E-state index in [0.29, 0.717) is 14.9 Å². The molecule has 0 atom stereocenters. The number of aromatic nitrogens is 1. The molecule has 8 heteroatoms. The van der Waals surface area contributed by atoms with E-state index in [2.05, 4.69) is 5.16 Å². The lowest BCUT2D eigenvalue weighted by atomic mass is 10.2. The van der Waals surface area contributed by atoms with Crippen LogP contribution in [0.3, 0.4) is 0 Å². The number of carbonyl (C=O) groups excluding carboxylic acids is 1. The van der Waals surface area contributed by atoms with E-state index in [0.717, 1.165) is 0 Å². The zero-order valence-corrected chi connectivity index (χ0v) is 14.4. The van der Waals surface area contributed by atoms with E-state index < -0.39 is 15.9 Å². The van der Waals surface area contributed by atoms with E-state index in [1.807, 2.05) is 0 Å². The van der Waals surface area contributed by atoms with Crippen LogP contribution in [0.15, 0.2) is 39.8 Å². The van der Waals surface area contributed by atoms with Crippen molar-refractivity contribution in [1.29, 1.82) is 0 Å². The minimum Gasteiger partial charge on any atom is -0.360 e. The minimum atomic E-state index is -4.02. The van der Waals surface area contributed by atoms with Gasteiger partial charge in [-0.25, -0.2) is 12.7 Å². The van der Waals surface area contributed by atoms with Gasteiger partial charge in [0.25, 0.3) is 15.9 Å². The van der Waals surface area contributed by atoms with Gasteiger partial charge in [-0.15, -0.1) is 0 Å². The van der Waals surface area contributed by atoms with Crippen LogP contribution in [-0.4, -0.2) is 30.8 Å². The normalized spacial score (nSPS) is 11.8. The summed E-state index contributed by atoms with van der Waals surface area (Å²) in [5.74, 6) is -0.550. The largest absolute Gasteiger partial charge is 0.360 e. The second-order valence-corrected chi connectivity index (χ2v) is 7.19. The Morgan fingerprint density at radius 3 is 2.61 bits per heavy atom. The number of carbonyl (C=O) groups is 1. The lowest BCUT2D eigenvalue weighted by molar-refractivity contribution is -0.120. The van der Waals surface area contributed by atoms with Crippen LogP contribution in [0.25, 0.3) is 6.08 Å². The van der Waals surface area contributed by atoms with Gasteiger partial charge >= 0.3 is 0 Å². The maximum atomic E-state index is 12.5. The van der Waals surface area contributed by atoms with Crippen LogP contribution in [-0.2, 0) is 14.8 Å². The first-order chi connectivity index (χ1) is 10.7. The summed E-state index contributed by atoms with van der Waals surface area (Å²) in [6, 6.07) is 6.85. The van der Waals surface area contributed by atoms with E-state index >= 15 is 0 Å². The second kappa shape index (κ2) is 6.55. The highest BCUT2D eigenvalue weighted by Gasteiger charge is 2.30. The van der Waals surface area contributed by atoms with Gasteiger partial charge in [-0.3, -0.25) is 4.79 Å². The Bertz CT molecular complexity index is 852. The number of hydrogen-bond acceptors (Lipinski definition) is 5. The first kappa shape index (κ1) is 17.2. The molecule has 0 aliphatic rings. The summed E-state index contributed by atoms with van der Waals surface area (Å²) < 4.78 is 30.5. The highest BCUT2D eigenvalue weighted by Crippen LogP contribution is 2.22. The van der Waals surface area contributed by atoms with Crippen LogP contribution < -0.4 is 0 Å². The van der Waals surface area contributed by atoms with E-state index in [9.17, 15) is 13.2 Å².